The molecule has 1 fully saturated rings. The number of rotatable bonds is 8. The lowest BCUT2D eigenvalue weighted by molar-refractivity contribution is 0.413. The van der Waals surface area contributed by atoms with Crippen molar-refractivity contribution in [3.05, 3.63) is 29.8 Å². The van der Waals surface area contributed by atoms with Crippen LogP contribution < -0.4 is 10.1 Å². The smallest absolute Gasteiger partial charge is 0.118 e. The number of unbranched alkanes of at least 4 members (excludes halogenated alkanes) is 2. The number of benzene rings is 1. The fraction of sp³-hybridized carbons (Fsp3) is 0.529. The topological polar surface area (TPSA) is 21.3 Å². The molecule has 19 heavy (non-hydrogen) atoms. The summed E-state index contributed by atoms with van der Waals surface area (Å²) in [6.07, 6.45) is 11.1. The van der Waals surface area contributed by atoms with Gasteiger partial charge < -0.3 is 10.1 Å². The summed E-state index contributed by atoms with van der Waals surface area (Å²) < 4.78 is 5.21. The molecule has 1 N–H and O–H groups in total. The molecule has 0 spiro atoms. The van der Waals surface area contributed by atoms with E-state index in [1.165, 1.54) is 18.4 Å². The lowest BCUT2D eigenvalue weighted by atomic mass is 10.0. The average Bonchev–Trinajstić information content (AvgIpc) is 3.28. The van der Waals surface area contributed by atoms with E-state index in [0.29, 0.717) is 6.04 Å². The van der Waals surface area contributed by atoms with E-state index in [2.05, 4.69) is 23.4 Å². The summed E-state index contributed by atoms with van der Waals surface area (Å²) in [6.45, 7) is 1.05. The zero-order chi connectivity index (χ0) is 13.5. The molecular formula is C17H23NO. The summed E-state index contributed by atoms with van der Waals surface area (Å²) in [6, 6.07) is 8.94. The third-order valence-electron chi connectivity index (χ3n) is 3.68. The van der Waals surface area contributed by atoms with Crippen LogP contribution in [0, 0.1) is 18.3 Å². The molecule has 1 unspecified atom stereocenters. The van der Waals surface area contributed by atoms with Crippen molar-refractivity contribution in [1.29, 1.82) is 0 Å². The summed E-state index contributed by atoms with van der Waals surface area (Å²) in [5, 5.41) is 3.68. The molecule has 0 radical (unpaired) electrons. The molecule has 1 saturated carbocycles. The van der Waals surface area contributed by atoms with Gasteiger partial charge in [0.2, 0.25) is 0 Å². The third-order valence-corrected chi connectivity index (χ3v) is 3.68. The standard InChI is InChI=1S/C17H23NO/c1-3-4-5-6-13-18-17(14-7-8-14)15-9-11-16(19-2)12-10-15/h1,9-12,14,17-18H,4-8,13H2,2H3. The van der Waals surface area contributed by atoms with Crippen LogP contribution in [0.5, 0.6) is 5.75 Å². The van der Waals surface area contributed by atoms with Gasteiger partial charge in [-0.05, 0) is 55.8 Å². The molecule has 1 aromatic rings. The van der Waals surface area contributed by atoms with Crippen molar-refractivity contribution in [2.75, 3.05) is 13.7 Å². The molecule has 1 aliphatic carbocycles. The molecule has 2 nitrogen and oxygen atoms in total. The molecule has 0 aromatic heterocycles. The first-order chi connectivity index (χ1) is 9.35. The van der Waals surface area contributed by atoms with Gasteiger partial charge in [-0.2, -0.15) is 0 Å². The van der Waals surface area contributed by atoms with Crippen LogP contribution in [0.15, 0.2) is 24.3 Å². The van der Waals surface area contributed by atoms with Gasteiger partial charge in [0.25, 0.3) is 0 Å². The zero-order valence-corrected chi connectivity index (χ0v) is 11.7. The molecule has 0 bridgehead atoms. The van der Waals surface area contributed by atoms with Crippen LogP contribution in [0.2, 0.25) is 0 Å². The largest absolute Gasteiger partial charge is 0.497 e. The Hall–Kier alpha value is -1.46. The summed E-state index contributed by atoms with van der Waals surface area (Å²) in [5.74, 6) is 4.42. The molecule has 2 rings (SSSR count). The lowest BCUT2D eigenvalue weighted by Crippen LogP contribution is -2.24. The SMILES string of the molecule is C#CCCCCNC(c1ccc(OC)cc1)C1CC1. The summed E-state index contributed by atoms with van der Waals surface area (Å²) in [5.41, 5.74) is 1.38. The van der Waals surface area contributed by atoms with E-state index < -0.39 is 0 Å². The van der Waals surface area contributed by atoms with Crippen molar-refractivity contribution < 1.29 is 4.74 Å². The van der Waals surface area contributed by atoms with E-state index in [4.69, 9.17) is 11.2 Å². The minimum absolute atomic E-state index is 0.497. The van der Waals surface area contributed by atoms with E-state index >= 15 is 0 Å². The fourth-order valence-electron chi connectivity index (χ4n) is 2.41. The Morgan fingerprint density at radius 1 is 1.32 bits per heavy atom. The molecule has 1 atom stereocenters. The molecule has 0 heterocycles. The van der Waals surface area contributed by atoms with E-state index in [-0.39, 0.29) is 0 Å². The van der Waals surface area contributed by atoms with Crippen molar-refractivity contribution in [2.45, 2.75) is 38.1 Å². The van der Waals surface area contributed by atoms with Crippen LogP contribution >= 0.6 is 0 Å². The number of methoxy groups -OCH3 is 1. The highest BCUT2D eigenvalue weighted by Crippen LogP contribution is 2.41. The summed E-state index contributed by atoms with van der Waals surface area (Å²) >= 11 is 0. The molecule has 2 heteroatoms. The van der Waals surface area contributed by atoms with Crippen LogP contribution in [0.1, 0.15) is 43.7 Å². The van der Waals surface area contributed by atoms with Crippen molar-refractivity contribution >= 4 is 0 Å². The van der Waals surface area contributed by atoms with Gasteiger partial charge in [-0.1, -0.05) is 12.1 Å². The second-order valence-electron chi connectivity index (χ2n) is 5.20. The van der Waals surface area contributed by atoms with Crippen LogP contribution in [0.4, 0.5) is 0 Å². The molecular weight excluding hydrogens is 234 g/mol. The minimum Gasteiger partial charge on any atom is -0.497 e. The first-order valence-corrected chi connectivity index (χ1v) is 7.16. The monoisotopic (exact) mass is 257 g/mol. The second kappa shape index (κ2) is 7.21. The maximum absolute atomic E-state index is 5.26. The first-order valence-electron chi connectivity index (χ1n) is 7.16. The lowest BCUT2D eigenvalue weighted by Gasteiger charge is -2.19. The maximum Gasteiger partial charge on any atom is 0.118 e. The van der Waals surface area contributed by atoms with Crippen LogP contribution in [-0.4, -0.2) is 13.7 Å². The highest BCUT2D eigenvalue weighted by Gasteiger charge is 2.31. The highest BCUT2D eigenvalue weighted by molar-refractivity contribution is 5.30. The van der Waals surface area contributed by atoms with Gasteiger partial charge >= 0.3 is 0 Å². The van der Waals surface area contributed by atoms with Crippen LogP contribution in [-0.2, 0) is 0 Å². The molecule has 0 saturated heterocycles. The Bertz CT molecular complexity index is 414. The normalized spacial score (nSPS) is 15.8. The Balaban J connectivity index is 1.86. The fourth-order valence-corrected chi connectivity index (χ4v) is 2.41. The first kappa shape index (κ1) is 14.0. The Labute approximate surface area is 116 Å². The Morgan fingerprint density at radius 2 is 2.05 bits per heavy atom. The van der Waals surface area contributed by atoms with Gasteiger partial charge in [-0.3, -0.25) is 0 Å². The third kappa shape index (κ3) is 4.29. The van der Waals surface area contributed by atoms with Crippen molar-refractivity contribution in [3.63, 3.8) is 0 Å². The highest BCUT2D eigenvalue weighted by atomic mass is 16.5. The van der Waals surface area contributed by atoms with E-state index in [9.17, 15) is 0 Å². The van der Waals surface area contributed by atoms with Crippen LogP contribution in [0.3, 0.4) is 0 Å². The van der Waals surface area contributed by atoms with E-state index in [1.807, 2.05) is 12.1 Å². The zero-order valence-electron chi connectivity index (χ0n) is 11.7. The number of hydrogen-bond donors (Lipinski definition) is 1. The minimum atomic E-state index is 0.497. The van der Waals surface area contributed by atoms with Crippen LogP contribution in [0.25, 0.3) is 0 Å². The van der Waals surface area contributed by atoms with Gasteiger partial charge in [0.15, 0.2) is 0 Å². The summed E-state index contributed by atoms with van der Waals surface area (Å²) in [7, 11) is 1.71. The van der Waals surface area contributed by atoms with Gasteiger partial charge in [-0.25, -0.2) is 0 Å². The Morgan fingerprint density at radius 3 is 2.63 bits per heavy atom. The van der Waals surface area contributed by atoms with Gasteiger partial charge in [-0.15, -0.1) is 12.3 Å². The van der Waals surface area contributed by atoms with Crippen molar-refractivity contribution in [1.82, 2.24) is 5.32 Å². The molecule has 1 aromatic carbocycles. The molecule has 0 amide bonds. The molecule has 1 aliphatic rings. The average molecular weight is 257 g/mol. The second-order valence-corrected chi connectivity index (χ2v) is 5.20. The van der Waals surface area contributed by atoms with Gasteiger partial charge in [0, 0.05) is 12.5 Å². The predicted octanol–water partition coefficient (Wildman–Crippen LogP) is 3.54. The molecule has 0 aliphatic heterocycles. The number of nitrogens with one attached hydrogen (secondary N) is 1. The number of ether oxygens (including phenoxy) is 1. The number of hydrogen-bond acceptors (Lipinski definition) is 2. The maximum atomic E-state index is 5.26. The Kier molecular flexibility index (Phi) is 5.30. The molecule has 102 valence electrons. The van der Waals surface area contributed by atoms with Gasteiger partial charge in [0.1, 0.15) is 5.75 Å². The van der Waals surface area contributed by atoms with Crippen molar-refractivity contribution in [3.8, 4) is 18.1 Å². The van der Waals surface area contributed by atoms with Crippen molar-refractivity contribution in [2.24, 2.45) is 5.92 Å². The van der Waals surface area contributed by atoms with E-state index in [0.717, 1.165) is 37.5 Å². The van der Waals surface area contributed by atoms with E-state index in [1.54, 1.807) is 7.11 Å². The summed E-state index contributed by atoms with van der Waals surface area (Å²) in [4.78, 5) is 0. The van der Waals surface area contributed by atoms with Gasteiger partial charge in [0.05, 0.1) is 7.11 Å². The predicted molar refractivity (Wildman–Crippen MR) is 79.1 cm³/mol. The quantitative estimate of drug-likeness (QED) is 0.568. The number of terminal acetylenes is 1.